The predicted molar refractivity (Wildman–Crippen MR) is 215 cm³/mol. The zero-order valence-electron chi connectivity index (χ0n) is 32.5. The van der Waals surface area contributed by atoms with E-state index in [2.05, 4.69) is 16.0 Å². The van der Waals surface area contributed by atoms with E-state index in [4.69, 9.17) is 19.2 Å². The molecule has 0 saturated carbocycles. The van der Waals surface area contributed by atoms with E-state index < -0.39 is 16.9 Å². The van der Waals surface area contributed by atoms with E-state index in [1.165, 1.54) is 11.8 Å². The second kappa shape index (κ2) is 20.3. The second-order valence-electron chi connectivity index (χ2n) is 14.4. The highest BCUT2D eigenvalue weighted by Gasteiger charge is 2.34. The summed E-state index contributed by atoms with van der Waals surface area (Å²) in [5.74, 6) is -0.653. The van der Waals surface area contributed by atoms with Crippen LogP contribution < -0.4 is 21.5 Å². The lowest BCUT2D eigenvalue weighted by Gasteiger charge is -2.24. The van der Waals surface area contributed by atoms with Crippen molar-refractivity contribution in [3.8, 4) is 0 Å². The molecule has 0 radical (unpaired) electrons. The normalized spacial score (nSPS) is 14.8. The van der Waals surface area contributed by atoms with E-state index in [1.54, 1.807) is 30.2 Å². The van der Waals surface area contributed by atoms with Crippen LogP contribution in [0.5, 0.6) is 0 Å². The van der Waals surface area contributed by atoms with Crippen molar-refractivity contribution in [3.63, 3.8) is 0 Å². The minimum absolute atomic E-state index is 0.0161. The van der Waals surface area contributed by atoms with Gasteiger partial charge in [0.15, 0.2) is 5.16 Å². The molecule has 3 aromatic carbocycles. The van der Waals surface area contributed by atoms with E-state index >= 15 is 0 Å². The largest absolute Gasteiger partial charge is 0.444 e. The first-order valence-electron chi connectivity index (χ1n) is 19.0. The monoisotopic (exact) mass is 788 g/mol. The molecule has 1 unspecified atom stereocenters. The number of aromatic nitrogens is 2. The lowest BCUT2D eigenvalue weighted by molar-refractivity contribution is -0.130. The Kier molecular flexibility index (Phi) is 15.2. The number of carbonyl (C=O) groups excluding carboxylic acids is 4. The van der Waals surface area contributed by atoms with Crippen molar-refractivity contribution in [1.29, 1.82) is 0 Å². The highest BCUT2D eigenvalue weighted by Crippen LogP contribution is 2.37. The van der Waals surface area contributed by atoms with Gasteiger partial charge in [0.25, 0.3) is 5.56 Å². The molecule has 1 aliphatic rings. The Morgan fingerprint density at radius 1 is 0.875 bits per heavy atom. The van der Waals surface area contributed by atoms with E-state index in [0.717, 1.165) is 16.3 Å². The predicted octanol–water partition coefficient (Wildman–Crippen LogP) is 4.57. The van der Waals surface area contributed by atoms with Crippen LogP contribution in [0.15, 0.2) is 76.7 Å². The molecule has 0 bridgehead atoms. The number of benzene rings is 3. The number of fused-ring (bicyclic) bond motifs is 2. The van der Waals surface area contributed by atoms with Crippen molar-refractivity contribution in [2.45, 2.75) is 75.6 Å². The van der Waals surface area contributed by atoms with Crippen LogP contribution in [-0.2, 0) is 35.1 Å². The van der Waals surface area contributed by atoms with Gasteiger partial charge < -0.3 is 35.1 Å². The fraction of sp³-hybridized carbons (Fsp3) is 0.463. The summed E-state index contributed by atoms with van der Waals surface area (Å²) in [6, 6.07) is 20.8. The average Bonchev–Trinajstić information content (AvgIpc) is 3.64. The zero-order chi connectivity index (χ0) is 40.1. The number of thioether (sulfide) groups is 1. The van der Waals surface area contributed by atoms with Gasteiger partial charge in [0, 0.05) is 51.6 Å². The Morgan fingerprint density at radius 2 is 1.52 bits per heavy atom. The number of ether oxygens (including phenoxy) is 3. The third kappa shape index (κ3) is 12.3. The van der Waals surface area contributed by atoms with E-state index in [0.29, 0.717) is 75.0 Å². The molecule has 14 nitrogen and oxygen atoms in total. The SMILES string of the molecule is CCn1c(SC(C(=O)N2CC[C@H](NC(=O)CCC(=O)NCCOCCOCCNC(=O)OC(C)(C)C)C2)c2ccccc2)nc2cc3ccccc3cc2c1=O. The molecule has 15 heteroatoms. The lowest BCUT2D eigenvalue weighted by Crippen LogP contribution is -2.40. The third-order valence-electron chi connectivity index (χ3n) is 8.95. The van der Waals surface area contributed by atoms with Gasteiger partial charge in [0.05, 0.1) is 37.3 Å². The highest BCUT2D eigenvalue weighted by atomic mass is 32.2. The maximum Gasteiger partial charge on any atom is 0.407 e. The number of carbonyl (C=O) groups is 4. The summed E-state index contributed by atoms with van der Waals surface area (Å²) in [4.78, 5) is 71.3. The van der Waals surface area contributed by atoms with Gasteiger partial charge in [-0.15, -0.1) is 0 Å². The highest BCUT2D eigenvalue weighted by molar-refractivity contribution is 8.00. The van der Waals surface area contributed by atoms with Crippen LogP contribution in [0.2, 0.25) is 0 Å². The molecule has 300 valence electrons. The molecule has 1 fully saturated rings. The van der Waals surface area contributed by atoms with Crippen molar-refractivity contribution in [2.75, 3.05) is 52.6 Å². The summed E-state index contributed by atoms with van der Waals surface area (Å²) >= 11 is 1.26. The number of nitrogens with zero attached hydrogens (tertiary/aromatic N) is 3. The van der Waals surface area contributed by atoms with E-state index in [-0.39, 0.29) is 48.8 Å². The maximum atomic E-state index is 14.2. The summed E-state index contributed by atoms with van der Waals surface area (Å²) in [7, 11) is 0. The van der Waals surface area contributed by atoms with Crippen LogP contribution in [0.3, 0.4) is 0 Å². The van der Waals surface area contributed by atoms with Gasteiger partial charge in [0.2, 0.25) is 17.7 Å². The molecule has 0 aliphatic carbocycles. The molecule has 3 N–H and O–H groups in total. The maximum absolute atomic E-state index is 14.2. The van der Waals surface area contributed by atoms with E-state index in [9.17, 15) is 24.0 Å². The smallest absolute Gasteiger partial charge is 0.407 e. The van der Waals surface area contributed by atoms with Crippen LogP contribution in [0.4, 0.5) is 4.79 Å². The Hall–Kier alpha value is -4.99. The number of nitrogens with one attached hydrogen (secondary N) is 3. The topological polar surface area (TPSA) is 170 Å². The number of amides is 4. The summed E-state index contributed by atoms with van der Waals surface area (Å²) in [6.07, 6.45) is 0.123. The first kappa shape index (κ1) is 42.2. The molecule has 56 heavy (non-hydrogen) atoms. The molecule has 0 spiro atoms. The van der Waals surface area contributed by atoms with Crippen molar-refractivity contribution in [1.82, 2.24) is 30.4 Å². The molecule has 2 atom stereocenters. The molecular weight excluding hydrogens is 737 g/mol. The van der Waals surface area contributed by atoms with Crippen molar-refractivity contribution < 1.29 is 33.4 Å². The average molecular weight is 789 g/mol. The molecule has 2 heterocycles. The molecule has 1 aliphatic heterocycles. The van der Waals surface area contributed by atoms with Gasteiger partial charge in [-0.1, -0.05) is 66.4 Å². The summed E-state index contributed by atoms with van der Waals surface area (Å²) in [6.45, 7) is 10.3. The van der Waals surface area contributed by atoms with Gasteiger partial charge in [-0.25, -0.2) is 9.78 Å². The summed E-state index contributed by atoms with van der Waals surface area (Å²) in [5.41, 5.74) is 0.660. The Labute approximate surface area is 331 Å². The summed E-state index contributed by atoms with van der Waals surface area (Å²) in [5, 5.41) is 10.6. The van der Waals surface area contributed by atoms with Gasteiger partial charge in [-0.05, 0) is 62.6 Å². The van der Waals surface area contributed by atoms with Crippen molar-refractivity contribution in [3.05, 3.63) is 82.6 Å². The van der Waals surface area contributed by atoms with Gasteiger partial charge in [-0.3, -0.25) is 23.7 Å². The fourth-order valence-electron chi connectivity index (χ4n) is 6.23. The van der Waals surface area contributed by atoms with Gasteiger partial charge >= 0.3 is 6.09 Å². The molecule has 1 saturated heterocycles. The number of hydrogen-bond acceptors (Lipinski definition) is 10. The van der Waals surface area contributed by atoms with Crippen molar-refractivity contribution >= 4 is 57.3 Å². The molecule has 4 amide bonds. The van der Waals surface area contributed by atoms with Crippen LogP contribution in [0.25, 0.3) is 21.7 Å². The summed E-state index contributed by atoms with van der Waals surface area (Å²) < 4.78 is 17.6. The molecule has 1 aromatic heterocycles. The van der Waals surface area contributed by atoms with Crippen LogP contribution >= 0.6 is 11.8 Å². The Balaban J connectivity index is 1.05. The molecule has 4 aromatic rings. The van der Waals surface area contributed by atoms with Crippen LogP contribution in [-0.4, -0.2) is 103 Å². The minimum atomic E-state index is -0.665. The Morgan fingerprint density at radius 3 is 2.20 bits per heavy atom. The number of hydrogen-bond donors (Lipinski definition) is 3. The first-order chi connectivity index (χ1) is 26.9. The number of likely N-dealkylation sites (tertiary alicyclic amines) is 1. The third-order valence-corrected chi connectivity index (χ3v) is 10.2. The standard InChI is InChI=1S/C41H52N6O8S/c1-5-47-37(50)32-25-29-13-9-10-14-30(29)26-33(32)45-39(47)56-36(28-11-7-6-8-12-28)38(51)46-20-17-31(27-46)44-35(49)16-15-34(48)42-18-21-53-23-24-54-22-19-43-40(52)55-41(2,3)4/h6-14,25-26,31,36H,5,15-24,27H2,1-4H3,(H,42,48)(H,43,52)(H,44,49)/t31-,36?/m0/s1. The van der Waals surface area contributed by atoms with Gasteiger partial charge in [-0.2, -0.15) is 0 Å². The molecular formula is C41H52N6O8S. The zero-order valence-corrected chi connectivity index (χ0v) is 33.3. The quantitative estimate of drug-likeness (QED) is 0.0562. The van der Waals surface area contributed by atoms with Crippen LogP contribution in [0.1, 0.15) is 57.8 Å². The molecule has 5 rings (SSSR count). The fourth-order valence-corrected chi connectivity index (χ4v) is 7.48. The van der Waals surface area contributed by atoms with Crippen molar-refractivity contribution in [2.24, 2.45) is 0 Å². The second-order valence-corrected chi connectivity index (χ2v) is 15.5. The van der Waals surface area contributed by atoms with Gasteiger partial charge in [0.1, 0.15) is 10.9 Å². The van der Waals surface area contributed by atoms with E-state index in [1.807, 2.05) is 73.7 Å². The number of rotatable bonds is 18. The lowest BCUT2D eigenvalue weighted by atomic mass is 10.1. The minimum Gasteiger partial charge on any atom is -0.444 e. The Bertz CT molecular complexity index is 2040. The number of alkyl carbamates (subject to hydrolysis) is 1. The first-order valence-corrected chi connectivity index (χ1v) is 19.9. The van der Waals surface area contributed by atoms with Crippen LogP contribution in [0, 0.1) is 0 Å².